The van der Waals surface area contributed by atoms with Crippen LogP contribution in [0, 0.1) is 0 Å². The number of piperazine rings is 1. The lowest BCUT2D eigenvalue weighted by Gasteiger charge is -2.35. The molecule has 1 saturated heterocycles. The summed E-state index contributed by atoms with van der Waals surface area (Å²) in [5.74, 6) is 0.0895. The van der Waals surface area contributed by atoms with Gasteiger partial charge in [-0.1, -0.05) is 6.07 Å². The quantitative estimate of drug-likeness (QED) is 0.877. The molecule has 1 aliphatic heterocycles. The molecule has 1 unspecified atom stereocenters. The number of hydrogen-bond acceptors (Lipinski definition) is 3. The number of carbonyl (C=O) groups excluding carboxylic acids is 1. The fourth-order valence-electron chi connectivity index (χ4n) is 2.37. The topological polar surface area (TPSA) is 44.4 Å². The van der Waals surface area contributed by atoms with E-state index in [9.17, 15) is 4.79 Å². The molecule has 2 N–H and O–H groups in total. The van der Waals surface area contributed by atoms with Crippen molar-refractivity contribution in [1.29, 1.82) is 0 Å². The van der Waals surface area contributed by atoms with Crippen LogP contribution in [0.4, 0.5) is 5.69 Å². The van der Waals surface area contributed by atoms with Crippen LogP contribution in [0.2, 0.25) is 0 Å². The van der Waals surface area contributed by atoms with E-state index in [1.54, 1.807) is 0 Å². The average molecular weight is 354 g/mol. The van der Waals surface area contributed by atoms with E-state index in [-0.39, 0.29) is 17.5 Å². The summed E-state index contributed by atoms with van der Waals surface area (Å²) in [7, 11) is 0. The molecule has 1 amide bonds. The summed E-state index contributed by atoms with van der Waals surface area (Å²) >= 11 is 3.65. The minimum atomic E-state index is -0.131. The molecule has 4 nitrogen and oxygen atoms in total. The standard InChI is InChI=1S/C16H24BrN3O/c1-11-15(21)18-7-8-20(11)14-6-5-12(9-13(14)17)10-19-16(2,3)4/h5-6,9,11,19H,7-8,10H2,1-4H3,(H,18,21). The Morgan fingerprint density at radius 2 is 2.14 bits per heavy atom. The van der Waals surface area contributed by atoms with Crippen molar-refractivity contribution < 1.29 is 4.79 Å². The summed E-state index contributed by atoms with van der Waals surface area (Å²) in [6, 6.07) is 6.22. The van der Waals surface area contributed by atoms with Crippen LogP contribution in [0.1, 0.15) is 33.3 Å². The largest absolute Gasteiger partial charge is 0.357 e. The highest BCUT2D eigenvalue weighted by molar-refractivity contribution is 9.10. The highest BCUT2D eigenvalue weighted by Crippen LogP contribution is 2.29. The Morgan fingerprint density at radius 3 is 2.76 bits per heavy atom. The minimum Gasteiger partial charge on any atom is -0.357 e. The van der Waals surface area contributed by atoms with Gasteiger partial charge in [0.25, 0.3) is 0 Å². The van der Waals surface area contributed by atoms with E-state index in [1.165, 1.54) is 5.56 Å². The monoisotopic (exact) mass is 353 g/mol. The number of rotatable bonds is 3. The smallest absolute Gasteiger partial charge is 0.242 e. The minimum absolute atomic E-state index is 0.0895. The molecule has 0 radical (unpaired) electrons. The van der Waals surface area contributed by atoms with Gasteiger partial charge >= 0.3 is 0 Å². The summed E-state index contributed by atoms with van der Waals surface area (Å²) in [4.78, 5) is 13.9. The molecule has 1 aromatic carbocycles. The van der Waals surface area contributed by atoms with Crippen LogP contribution in [0.15, 0.2) is 22.7 Å². The van der Waals surface area contributed by atoms with Gasteiger partial charge in [0, 0.05) is 29.6 Å². The van der Waals surface area contributed by atoms with Crippen LogP contribution >= 0.6 is 15.9 Å². The van der Waals surface area contributed by atoms with Crippen molar-refractivity contribution in [2.24, 2.45) is 0 Å². The van der Waals surface area contributed by atoms with Crippen LogP contribution in [0.25, 0.3) is 0 Å². The van der Waals surface area contributed by atoms with Crippen LogP contribution < -0.4 is 15.5 Å². The number of anilines is 1. The second-order valence-electron chi connectivity index (χ2n) is 6.55. The second-order valence-corrected chi connectivity index (χ2v) is 7.40. The van der Waals surface area contributed by atoms with Gasteiger partial charge in [-0.2, -0.15) is 0 Å². The number of nitrogens with one attached hydrogen (secondary N) is 2. The highest BCUT2D eigenvalue weighted by atomic mass is 79.9. The number of carbonyl (C=O) groups is 1. The highest BCUT2D eigenvalue weighted by Gasteiger charge is 2.26. The van der Waals surface area contributed by atoms with E-state index in [0.29, 0.717) is 6.54 Å². The predicted octanol–water partition coefficient (Wildman–Crippen LogP) is 2.66. The van der Waals surface area contributed by atoms with Gasteiger partial charge < -0.3 is 15.5 Å². The van der Waals surface area contributed by atoms with E-state index >= 15 is 0 Å². The van der Waals surface area contributed by atoms with Crippen LogP contribution in [0.3, 0.4) is 0 Å². The molecule has 1 aromatic rings. The van der Waals surface area contributed by atoms with Gasteiger partial charge in [0.05, 0.1) is 5.69 Å². The van der Waals surface area contributed by atoms with Crippen molar-refractivity contribution in [3.63, 3.8) is 0 Å². The van der Waals surface area contributed by atoms with Gasteiger partial charge in [0.1, 0.15) is 6.04 Å². The third-order valence-corrected chi connectivity index (χ3v) is 4.28. The summed E-state index contributed by atoms with van der Waals surface area (Å²) in [5.41, 5.74) is 2.41. The van der Waals surface area contributed by atoms with Crippen molar-refractivity contribution in [1.82, 2.24) is 10.6 Å². The molecule has 0 aromatic heterocycles. The zero-order valence-electron chi connectivity index (χ0n) is 13.2. The van der Waals surface area contributed by atoms with Gasteiger partial charge in [0.15, 0.2) is 0 Å². The summed E-state index contributed by atoms with van der Waals surface area (Å²) in [5, 5.41) is 6.38. The molecular formula is C16H24BrN3O. The number of halogens is 1. The summed E-state index contributed by atoms with van der Waals surface area (Å²) in [6.45, 7) is 10.8. The lowest BCUT2D eigenvalue weighted by Crippen LogP contribution is -2.54. The van der Waals surface area contributed by atoms with Gasteiger partial charge in [-0.3, -0.25) is 4.79 Å². The van der Waals surface area contributed by atoms with Crippen molar-refractivity contribution in [2.75, 3.05) is 18.0 Å². The molecule has 1 aliphatic rings. The fourth-order valence-corrected chi connectivity index (χ4v) is 3.03. The van der Waals surface area contributed by atoms with Crippen molar-refractivity contribution in [3.05, 3.63) is 28.2 Å². The van der Waals surface area contributed by atoms with Crippen LogP contribution in [-0.2, 0) is 11.3 Å². The lowest BCUT2D eigenvalue weighted by molar-refractivity contribution is -0.122. The number of benzene rings is 1. The predicted molar refractivity (Wildman–Crippen MR) is 90.6 cm³/mol. The molecule has 21 heavy (non-hydrogen) atoms. The molecule has 0 aliphatic carbocycles. The Bertz CT molecular complexity index is 525. The summed E-state index contributed by atoms with van der Waals surface area (Å²) < 4.78 is 1.04. The van der Waals surface area contributed by atoms with Crippen LogP contribution in [-0.4, -0.2) is 30.6 Å². The molecule has 116 valence electrons. The maximum Gasteiger partial charge on any atom is 0.242 e. The van der Waals surface area contributed by atoms with E-state index in [0.717, 1.165) is 23.2 Å². The zero-order valence-corrected chi connectivity index (χ0v) is 14.8. The van der Waals surface area contributed by atoms with E-state index in [2.05, 4.69) is 70.4 Å². The Hall–Kier alpha value is -1.07. The second kappa shape index (κ2) is 6.36. The first-order valence-electron chi connectivity index (χ1n) is 7.36. The van der Waals surface area contributed by atoms with Gasteiger partial charge in [0.2, 0.25) is 5.91 Å². The first kappa shape index (κ1) is 16.3. The average Bonchev–Trinajstić information content (AvgIpc) is 2.39. The molecule has 1 heterocycles. The van der Waals surface area contributed by atoms with E-state index < -0.39 is 0 Å². The number of hydrogen-bond donors (Lipinski definition) is 2. The maximum absolute atomic E-state index is 11.8. The Kier molecular flexibility index (Phi) is 4.94. The van der Waals surface area contributed by atoms with E-state index in [4.69, 9.17) is 0 Å². The van der Waals surface area contributed by atoms with Gasteiger partial charge in [-0.05, 0) is 61.3 Å². The molecule has 1 atom stereocenters. The Balaban J connectivity index is 2.13. The fraction of sp³-hybridized carbons (Fsp3) is 0.562. The molecule has 1 fully saturated rings. The number of amides is 1. The third-order valence-electron chi connectivity index (χ3n) is 3.64. The Morgan fingerprint density at radius 1 is 1.43 bits per heavy atom. The van der Waals surface area contributed by atoms with Gasteiger partial charge in [-0.25, -0.2) is 0 Å². The third kappa shape index (κ3) is 4.20. The molecule has 5 heteroatoms. The molecular weight excluding hydrogens is 330 g/mol. The van der Waals surface area contributed by atoms with Gasteiger partial charge in [-0.15, -0.1) is 0 Å². The molecule has 0 bridgehead atoms. The normalized spacial score (nSPS) is 19.6. The summed E-state index contributed by atoms with van der Waals surface area (Å²) in [6.07, 6.45) is 0. The first-order chi connectivity index (χ1) is 9.78. The zero-order chi connectivity index (χ0) is 15.6. The van der Waals surface area contributed by atoms with Crippen molar-refractivity contribution >= 4 is 27.5 Å². The number of nitrogens with zero attached hydrogens (tertiary/aromatic N) is 1. The Labute approximate surface area is 135 Å². The van der Waals surface area contributed by atoms with Crippen molar-refractivity contribution in [3.8, 4) is 0 Å². The molecule has 0 spiro atoms. The maximum atomic E-state index is 11.8. The lowest BCUT2D eigenvalue weighted by atomic mass is 10.1. The van der Waals surface area contributed by atoms with E-state index in [1.807, 2.05) is 6.92 Å². The first-order valence-corrected chi connectivity index (χ1v) is 8.15. The molecule has 0 saturated carbocycles. The SMILES string of the molecule is CC1C(=O)NCCN1c1ccc(CNC(C)(C)C)cc1Br. The van der Waals surface area contributed by atoms with Crippen LogP contribution in [0.5, 0.6) is 0 Å². The molecule has 2 rings (SSSR count). The van der Waals surface area contributed by atoms with Crippen molar-refractivity contribution in [2.45, 2.75) is 45.8 Å².